The van der Waals surface area contributed by atoms with E-state index in [1.54, 1.807) is 44.2 Å². The molecule has 1 aliphatic heterocycles. The average Bonchev–Trinajstić information content (AvgIpc) is 3.20. The molecular weight excluding hydrogens is 1000 g/mol. The maximum Gasteiger partial charge on any atom is 0.330 e. The number of carbonyl (C=O) groups is 5. The number of imide groups is 1. The number of amides is 3. The SMILES string of the molecule is CC(C)C(C(=O)OCC(=O)Nc1ccc(Cl)cc1C(=O)c1ccccc1)N1C(=O)c2c(I)c(I)c(I)c(I)c2C1=O. The summed E-state index contributed by atoms with van der Waals surface area (Å²) in [6.45, 7) is 2.68. The number of ketones is 1. The maximum absolute atomic E-state index is 13.5. The molecule has 4 rings (SSSR count). The summed E-state index contributed by atoms with van der Waals surface area (Å²) in [6, 6.07) is 11.7. The number of nitrogens with one attached hydrogen (secondary N) is 1. The number of hydrogen-bond donors (Lipinski definition) is 1. The predicted octanol–water partition coefficient (Wildman–Crippen LogP) is 6.79. The lowest BCUT2D eigenvalue weighted by atomic mass is 10.0. The fraction of sp³-hybridized carbons (Fsp3) is 0.179. The zero-order chi connectivity index (χ0) is 30.2. The van der Waals surface area contributed by atoms with E-state index in [1.807, 2.05) is 45.2 Å². The van der Waals surface area contributed by atoms with E-state index in [4.69, 9.17) is 16.3 Å². The summed E-state index contributed by atoms with van der Waals surface area (Å²) >= 11 is 14.4. The molecule has 3 amide bonds. The third-order valence-electron chi connectivity index (χ3n) is 6.17. The van der Waals surface area contributed by atoms with Crippen LogP contribution >= 0.6 is 102 Å². The first-order valence-electron chi connectivity index (χ1n) is 11.9. The number of esters is 1. The summed E-state index contributed by atoms with van der Waals surface area (Å²) in [6.07, 6.45) is 0. The number of halogens is 5. The van der Waals surface area contributed by atoms with Crippen molar-refractivity contribution in [1.29, 1.82) is 0 Å². The van der Waals surface area contributed by atoms with Crippen LogP contribution in [0.1, 0.15) is 50.5 Å². The first kappa shape index (κ1) is 32.5. The minimum atomic E-state index is -1.25. The van der Waals surface area contributed by atoms with Crippen molar-refractivity contribution in [2.24, 2.45) is 5.92 Å². The summed E-state index contributed by atoms with van der Waals surface area (Å²) in [7, 11) is 0. The highest BCUT2D eigenvalue weighted by atomic mass is 127. The van der Waals surface area contributed by atoms with Crippen LogP contribution < -0.4 is 5.32 Å². The van der Waals surface area contributed by atoms with E-state index in [-0.39, 0.29) is 28.2 Å². The molecule has 3 aromatic rings. The number of nitrogens with zero attached hydrogens (tertiary/aromatic N) is 1. The number of ether oxygens (including phenoxy) is 1. The molecule has 0 aromatic heterocycles. The van der Waals surface area contributed by atoms with Gasteiger partial charge in [0, 0.05) is 30.4 Å². The third-order valence-corrected chi connectivity index (χ3v) is 13.8. The van der Waals surface area contributed by atoms with Gasteiger partial charge in [-0.05, 0) is 114 Å². The number of carbonyl (C=O) groups excluding carboxylic acids is 5. The normalized spacial score (nSPS) is 13.3. The summed E-state index contributed by atoms with van der Waals surface area (Å²) in [5.41, 5.74) is 1.30. The topological polar surface area (TPSA) is 110 Å². The molecule has 1 atom stereocenters. The Hall–Kier alpha value is -1.38. The number of benzene rings is 3. The van der Waals surface area contributed by atoms with E-state index in [0.717, 1.165) is 12.0 Å². The number of fused-ring (bicyclic) bond motifs is 1. The van der Waals surface area contributed by atoms with Gasteiger partial charge in [-0.25, -0.2) is 4.79 Å². The molecule has 0 radical (unpaired) electrons. The Morgan fingerprint density at radius 3 is 1.98 bits per heavy atom. The van der Waals surface area contributed by atoms with E-state index >= 15 is 0 Å². The van der Waals surface area contributed by atoms with E-state index < -0.39 is 42.3 Å². The van der Waals surface area contributed by atoms with E-state index in [2.05, 4.69) is 50.5 Å². The van der Waals surface area contributed by atoms with Gasteiger partial charge >= 0.3 is 5.97 Å². The van der Waals surface area contributed by atoms with Crippen molar-refractivity contribution in [3.63, 3.8) is 0 Å². The zero-order valence-corrected chi connectivity index (χ0v) is 30.7. The van der Waals surface area contributed by atoms with Crippen molar-refractivity contribution in [2.75, 3.05) is 11.9 Å². The second-order valence-electron chi connectivity index (χ2n) is 9.22. The monoisotopic (exact) mass is 1020 g/mol. The van der Waals surface area contributed by atoms with E-state index in [1.165, 1.54) is 18.2 Å². The van der Waals surface area contributed by atoms with Crippen LogP contribution in [0.4, 0.5) is 5.69 Å². The van der Waals surface area contributed by atoms with E-state index in [0.29, 0.717) is 17.7 Å². The molecule has 41 heavy (non-hydrogen) atoms. The Labute approximate surface area is 295 Å². The van der Waals surface area contributed by atoms with Crippen LogP contribution in [0.5, 0.6) is 0 Å². The molecule has 3 aromatic carbocycles. The fourth-order valence-corrected chi connectivity index (χ4v) is 8.08. The number of rotatable bonds is 8. The van der Waals surface area contributed by atoms with Gasteiger partial charge in [0.25, 0.3) is 17.7 Å². The number of anilines is 1. The molecule has 0 spiro atoms. The molecule has 8 nitrogen and oxygen atoms in total. The molecule has 1 heterocycles. The summed E-state index contributed by atoms with van der Waals surface area (Å²) < 4.78 is 8.29. The summed E-state index contributed by atoms with van der Waals surface area (Å²) in [5, 5.41) is 2.90. The van der Waals surface area contributed by atoms with E-state index in [9.17, 15) is 24.0 Å². The van der Waals surface area contributed by atoms with Gasteiger partial charge in [-0.3, -0.25) is 24.1 Å². The maximum atomic E-state index is 13.5. The quantitative estimate of drug-likeness (QED) is 0.0666. The third kappa shape index (κ3) is 6.59. The number of hydrogen-bond acceptors (Lipinski definition) is 6. The lowest BCUT2D eigenvalue weighted by molar-refractivity contribution is -0.152. The van der Waals surface area contributed by atoms with Crippen LogP contribution in [-0.4, -0.2) is 47.0 Å². The molecule has 1 unspecified atom stereocenters. The molecule has 0 bridgehead atoms. The average molecular weight is 1020 g/mol. The molecule has 1 N–H and O–H groups in total. The fourth-order valence-electron chi connectivity index (χ4n) is 4.26. The molecule has 0 aliphatic carbocycles. The van der Waals surface area contributed by atoms with Crippen LogP contribution in [0.15, 0.2) is 48.5 Å². The largest absolute Gasteiger partial charge is 0.454 e. The van der Waals surface area contributed by atoms with Crippen molar-refractivity contribution in [3.8, 4) is 0 Å². The molecule has 0 saturated heterocycles. The summed E-state index contributed by atoms with van der Waals surface area (Å²) in [5.74, 6) is -3.59. The highest BCUT2D eigenvalue weighted by molar-refractivity contribution is 14.1. The van der Waals surface area contributed by atoms with Gasteiger partial charge in [-0.1, -0.05) is 55.8 Å². The van der Waals surface area contributed by atoms with Crippen LogP contribution in [0, 0.1) is 20.2 Å². The van der Waals surface area contributed by atoms with Gasteiger partial charge in [0.05, 0.1) is 16.8 Å². The second kappa shape index (κ2) is 13.5. The zero-order valence-electron chi connectivity index (χ0n) is 21.3. The minimum absolute atomic E-state index is 0.169. The Kier molecular flexibility index (Phi) is 10.7. The van der Waals surface area contributed by atoms with Crippen molar-refractivity contribution in [2.45, 2.75) is 19.9 Å². The molecular formula is C28H19ClI4N2O6. The molecule has 0 saturated carbocycles. The van der Waals surface area contributed by atoms with Crippen LogP contribution in [0.3, 0.4) is 0 Å². The van der Waals surface area contributed by atoms with Crippen molar-refractivity contribution >= 4 is 137 Å². The summed E-state index contributed by atoms with van der Waals surface area (Å²) in [4.78, 5) is 67.0. The van der Waals surface area contributed by atoms with Gasteiger partial charge in [0.1, 0.15) is 6.04 Å². The van der Waals surface area contributed by atoms with Gasteiger partial charge in [0.15, 0.2) is 12.4 Å². The minimum Gasteiger partial charge on any atom is -0.454 e. The van der Waals surface area contributed by atoms with Gasteiger partial charge in [-0.2, -0.15) is 0 Å². The first-order valence-corrected chi connectivity index (χ1v) is 16.6. The Balaban J connectivity index is 1.52. The van der Waals surface area contributed by atoms with Crippen molar-refractivity contribution in [1.82, 2.24) is 4.90 Å². The first-order chi connectivity index (χ1) is 19.3. The second-order valence-corrected chi connectivity index (χ2v) is 14.0. The van der Waals surface area contributed by atoms with Crippen molar-refractivity contribution < 1.29 is 28.7 Å². The lowest BCUT2D eigenvalue weighted by Gasteiger charge is -2.27. The van der Waals surface area contributed by atoms with Gasteiger partial charge in [0.2, 0.25) is 0 Å². The van der Waals surface area contributed by atoms with Gasteiger partial charge in [-0.15, -0.1) is 0 Å². The molecule has 0 fully saturated rings. The molecule has 1 aliphatic rings. The highest BCUT2D eigenvalue weighted by Crippen LogP contribution is 2.39. The predicted molar refractivity (Wildman–Crippen MR) is 187 cm³/mol. The Morgan fingerprint density at radius 1 is 0.878 bits per heavy atom. The van der Waals surface area contributed by atoms with Crippen molar-refractivity contribution in [3.05, 3.63) is 90.1 Å². The van der Waals surface area contributed by atoms with Crippen LogP contribution in [0.2, 0.25) is 5.02 Å². The molecule has 13 heteroatoms. The van der Waals surface area contributed by atoms with Crippen LogP contribution in [0.25, 0.3) is 0 Å². The Morgan fingerprint density at radius 2 is 1.44 bits per heavy atom. The standard InChI is InChI=1S/C28H19ClI4N2O6/c1-12(2)24(35-26(38)18-19(27(35)39)21(31)23(33)22(32)20(18)30)28(40)41-11-17(36)34-16-9-8-14(29)10-15(16)25(37)13-6-4-3-5-7-13/h3-10,12,24H,11H2,1-2H3,(H,34,36). The molecule has 212 valence electrons. The van der Waals surface area contributed by atoms with Gasteiger partial charge < -0.3 is 10.1 Å². The Bertz CT molecular complexity index is 1570. The smallest absolute Gasteiger partial charge is 0.330 e. The lowest BCUT2D eigenvalue weighted by Crippen LogP contribution is -2.49. The van der Waals surface area contributed by atoms with Crippen LogP contribution in [-0.2, 0) is 14.3 Å². The highest BCUT2D eigenvalue weighted by Gasteiger charge is 2.47.